The summed E-state index contributed by atoms with van der Waals surface area (Å²) in [5.74, 6) is 1.62. The van der Waals surface area contributed by atoms with E-state index in [-0.39, 0.29) is 18.1 Å². The Morgan fingerprint density at radius 1 is 0.531 bits per heavy atom. The highest BCUT2D eigenvalue weighted by molar-refractivity contribution is 6.14. The molecule has 0 radical (unpaired) electrons. The summed E-state index contributed by atoms with van der Waals surface area (Å²) in [7, 11) is 0. The predicted molar refractivity (Wildman–Crippen MR) is 265 cm³/mol. The molecule has 8 aromatic carbocycles. The van der Waals surface area contributed by atoms with Crippen LogP contribution in [0, 0.1) is 5.92 Å². The number of aliphatic imine (C=N–C) groups is 1. The van der Waals surface area contributed by atoms with Gasteiger partial charge in [-0.25, -0.2) is 4.99 Å². The third kappa shape index (κ3) is 5.32. The van der Waals surface area contributed by atoms with Gasteiger partial charge < -0.3 is 14.4 Å². The van der Waals surface area contributed by atoms with E-state index < -0.39 is 0 Å². The van der Waals surface area contributed by atoms with Gasteiger partial charge in [0.2, 0.25) is 0 Å². The van der Waals surface area contributed by atoms with Gasteiger partial charge >= 0.3 is 0 Å². The highest BCUT2D eigenvalue weighted by Gasteiger charge is 2.42. The lowest BCUT2D eigenvalue weighted by atomic mass is 9.77. The molecule has 9 aromatic rings. The maximum atomic E-state index is 5.58. The number of fused-ring (bicyclic) bond motifs is 10. The summed E-state index contributed by atoms with van der Waals surface area (Å²) in [4.78, 5) is 10.7. The molecule has 14 rings (SSSR count). The van der Waals surface area contributed by atoms with E-state index in [1.54, 1.807) is 0 Å². The quantitative estimate of drug-likeness (QED) is 0.173. The molecule has 304 valence electrons. The van der Waals surface area contributed by atoms with Gasteiger partial charge in [0, 0.05) is 45.4 Å². The Kier molecular flexibility index (Phi) is 7.79. The topological polar surface area (TPSA) is 23.8 Å². The van der Waals surface area contributed by atoms with Crippen LogP contribution in [0.5, 0.6) is 0 Å². The third-order valence-electron chi connectivity index (χ3n) is 14.7. The van der Waals surface area contributed by atoms with Crippen LogP contribution in [-0.4, -0.2) is 16.4 Å². The summed E-state index contributed by atoms with van der Waals surface area (Å²) in [6.07, 6.45) is 12.7. The number of allylic oxidation sites excluding steroid dienone is 3. The van der Waals surface area contributed by atoms with Crippen LogP contribution in [-0.2, 0) is 6.42 Å². The average Bonchev–Trinajstić information content (AvgIpc) is 3.83. The molecule has 1 aromatic heterocycles. The lowest BCUT2D eigenvalue weighted by molar-refractivity contribution is 0.645. The lowest BCUT2D eigenvalue weighted by Gasteiger charge is -2.45. The molecule has 0 bridgehead atoms. The first kappa shape index (κ1) is 35.9. The van der Waals surface area contributed by atoms with E-state index in [0.717, 1.165) is 30.8 Å². The molecule has 5 aliphatic rings. The van der Waals surface area contributed by atoms with Crippen molar-refractivity contribution in [1.29, 1.82) is 0 Å². The number of hydrogen-bond donors (Lipinski definition) is 0. The van der Waals surface area contributed by atoms with Crippen LogP contribution in [0.3, 0.4) is 0 Å². The van der Waals surface area contributed by atoms with Crippen molar-refractivity contribution in [2.24, 2.45) is 10.9 Å². The molecule has 64 heavy (non-hydrogen) atoms. The lowest BCUT2D eigenvalue weighted by Crippen LogP contribution is -2.47. The highest BCUT2D eigenvalue weighted by Crippen LogP contribution is 2.49. The van der Waals surface area contributed by atoms with Crippen molar-refractivity contribution in [3.8, 4) is 16.8 Å². The summed E-state index contributed by atoms with van der Waals surface area (Å²) in [5, 5.41) is 7.70. The SMILES string of the molecule is C1=CC2=C(CC1)N(c1ccc3c(c1)c1cc4ccccc4cc1n3-c1cccc(C3N=C(C4Cc5ccccc5-c5ccccc54)N3c3ccccc3)c1)C1C=c3ccccc3=CC21. The summed E-state index contributed by atoms with van der Waals surface area (Å²) in [6.45, 7) is 0. The molecule has 4 atom stereocenters. The zero-order valence-electron chi connectivity index (χ0n) is 35.3. The van der Waals surface area contributed by atoms with Crippen molar-refractivity contribution >= 4 is 61.9 Å². The van der Waals surface area contributed by atoms with Gasteiger partial charge in [-0.2, -0.15) is 0 Å². The van der Waals surface area contributed by atoms with E-state index in [2.05, 4.69) is 221 Å². The number of nitrogens with zero attached hydrogens (tertiary/aromatic N) is 4. The second-order valence-electron chi connectivity index (χ2n) is 18.1. The minimum atomic E-state index is -0.147. The fraction of sp³-hybridized carbons (Fsp3) is 0.117. The van der Waals surface area contributed by atoms with Gasteiger partial charge in [-0.05, 0) is 128 Å². The number of amidine groups is 1. The van der Waals surface area contributed by atoms with Gasteiger partial charge in [0.1, 0.15) is 5.84 Å². The smallest absolute Gasteiger partial charge is 0.154 e. The fourth-order valence-electron chi connectivity index (χ4n) is 11.8. The number of anilines is 2. The van der Waals surface area contributed by atoms with E-state index in [1.807, 2.05) is 0 Å². The highest BCUT2D eigenvalue weighted by atomic mass is 15.4. The first-order valence-corrected chi connectivity index (χ1v) is 22.9. The first-order chi connectivity index (χ1) is 31.7. The minimum Gasteiger partial charge on any atom is -0.337 e. The maximum absolute atomic E-state index is 5.58. The summed E-state index contributed by atoms with van der Waals surface area (Å²) >= 11 is 0. The molecule has 0 fully saturated rings. The predicted octanol–water partition coefficient (Wildman–Crippen LogP) is 12.5. The van der Waals surface area contributed by atoms with Gasteiger partial charge in [0.15, 0.2) is 6.17 Å². The van der Waals surface area contributed by atoms with E-state index >= 15 is 0 Å². The monoisotopic (exact) mass is 820 g/mol. The molecule has 0 spiro atoms. The van der Waals surface area contributed by atoms with Crippen molar-refractivity contribution in [3.05, 3.63) is 233 Å². The Morgan fingerprint density at radius 3 is 2.16 bits per heavy atom. The molecule has 3 aliphatic carbocycles. The van der Waals surface area contributed by atoms with Crippen LogP contribution in [0.2, 0.25) is 0 Å². The Balaban J connectivity index is 0.916. The van der Waals surface area contributed by atoms with Crippen molar-refractivity contribution in [2.75, 3.05) is 9.80 Å². The van der Waals surface area contributed by atoms with Gasteiger partial charge in [-0.1, -0.05) is 152 Å². The summed E-state index contributed by atoms with van der Waals surface area (Å²) in [5.41, 5.74) is 15.5. The standard InChI is InChI=1S/C60H44N4/c1-2-21-44(22-3-1)64-59(61-60(64)54-34-42-19-8-9-24-47(42)48-25-10-11-26-49(48)54)43-20-14-23-45(31-43)62-56-30-29-46(37-53(56)52-33-39-16-5-7-18-41(39)36-58(52)62)63-55-28-13-12-27-50(55)51-32-38-15-4-6-17-40(38)35-57(51)63/h1-12,14-27,29-33,35-37,51,54,57,59H,13,28,34H2. The van der Waals surface area contributed by atoms with Crippen LogP contribution in [0.1, 0.15) is 41.6 Å². The fourth-order valence-corrected chi connectivity index (χ4v) is 11.8. The van der Waals surface area contributed by atoms with Crippen molar-refractivity contribution in [3.63, 3.8) is 0 Å². The van der Waals surface area contributed by atoms with E-state index in [4.69, 9.17) is 4.99 Å². The zero-order valence-corrected chi connectivity index (χ0v) is 35.3. The zero-order chi connectivity index (χ0) is 41.9. The van der Waals surface area contributed by atoms with Gasteiger partial charge in [-0.15, -0.1) is 0 Å². The Morgan fingerprint density at radius 2 is 1.27 bits per heavy atom. The molecule has 4 heteroatoms. The third-order valence-corrected chi connectivity index (χ3v) is 14.7. The molecule has 0 saturated heterocycles. The minimum absolute atomic E-state index is 0.147. The van der Waals surface area contributed by atoms with Crippen LogP contribution in [0.15, 0.2) is 210 Å². The molecule has 3 heterocycles. The van der Waals surface area contributed by atoms with Crippen LogP contribution < -0.4 is 20.2 Å². The van der Waals surface area contributed by atoms with Gasteiger partial charge in [0.05, 0.1) is 17.1 Å². The molecule has 0 N–H and O–H groups in total. The van der Waals surface area contributed by atoms with Gasteiger partial charge in [0.25, 0.3) is 0 Å². The van der Waals surface area contributed by atoms with Crippen LogP contribution in [0.4, 0.5) is 11.4 Å². The van der Waals surface area contributed by atoms with Crippen molar-refractivity contribution in [1.82, 2.24) is 4.57 Å². The summed E-state index contributed by atoms with van der Waals surface area (Å²) < 4.78 is 2.49. The van der Waals surface area contributed by atoms with Crippen LogP contribution >= 0.6 is 0 Å². The Hall–Kier alpha value is -7.69. The maximum Gasteiger partial charge on any atom is 0.154 e. The largest absolute Gasteiger partial charge is 0.337 e. The average molecular weight is 821 g/mol. The molecular formula is C60H44N4. The Bertz CT molecular complexity index is 3650. The van der Waals surface area contributed by atoms with Crippen LogP contribution in [0.25, 0.3) is 61.5 Å². The normalized spacial score (nSPS) is 20.5. The van der Waals surface area contributed by atoms with E-state index in [0.29, 0.717) is 5.92 Å². The second-order valence-corrected chi connectivity index (χ2v) is 18.1. The summed E-state index contributed by atoms with van der Waals surface area (Å²) in [6, 6.07) is 67.8. The van der Waals surface area contributed by atoms with Crippen molar-refractivity contribution < 1.29 is 0 Å². The molecule has 4 unspecified atom stereocenters. The number of para-hydroxylation sites is 1. The molecule has 4 nitrogen and oxygen atoms in total. The number of rotatable bonds is 5. The first-order valence-electron chi connectivity index (χ1n) is 22.9. The molecule has 2 aliphatic heterocycles. The van der Waals surface area contributed by atoms with Crippen molar-refractivity contribution in [2.45, 2.75) is 37.4 Å². The number of benzene rings is 8. The number of hydrogen-bond acceptors (Lipinski definition) is 3. The molecular weight excluding hydrogens is 777 g/mol. The van der Waals surface area contributed by atoms with E-state index in [9.17, 15) is 0 Å². The molecule has 0 amide bonds. The van der Waals surface area contributed by atoms with Gasteiger partial charge in [-0.3, -0.25) is 0 Å². The second kappa shape index (κ2) is 13.9. The Labute approximate surface area is 372 Å². The molecule has 0 saturated carbocycles. The van der Waals surface area contributed by atoms with E-state index in [1.165, 1.54) is 93.5 Å². The number of aromatic nitrogens is 1.